The van der Waals surface area contributed by atoms with Crippen LogP contribution in [0.3, 0.4) is 0 Å². The Balaban J connectivity index is 0.00000180. The fourth-order valence-electron chi connectivity index (χ4n) is 3.03. The molecule has 2 heterocycles. The highest BCUT2D eigenvalue weighted by atomic mass is 35.5. The third-order valence-electron chi connectivity index (χ3n) is 3.99. The fraction of sp³-hybridized carbons (Fsp3) is 0.929. The Morgan fingerprint density at radius 2 is 2.32 bits per heavy atom. The Labute approximate surface area is 127 Å². The van der Waals surface area contributed by atoms with Gasteiger partial charge in [0.2, 0.25) is 5.91 Å². The predicted octanol–water partition coefficient (Wildman–Crippen LogP) is 2.54. The predicted molar refractivity (Wildman–Crippen MR) is 85.2 cm³/mol. The van der Waals surface area contributed by atoms with Gasteiger partial charge >= 0.3 is 0 Å². The summed E-state index contributed by atoms with van der Waals surface area (Å²) < 4.78 is 0. The molecule has 0 aromatic heterocycles. The molecule has 0 aromatic carbocycles. The molecule has 2 atom stereocenters. The van der Waals surface area contributed by atoms with Crippen LogP contribution in [0.15, 0.2) is 0 Å². The van der Waals surface area contributed by atoms with Crippen molar-refractivity contribution in [2.45, 2.75) is 45.1 Å². The molecule has 0 spiro atoms. The molecule has 3 nitrogen and oxygen atoms in total. The molecule has 2 saturated heterocycles. The van der Waals surface area contributed by atoms with Crippen molar-refractivity contribution >= 4 is 30.1 Å². The number of nitrogens with zero attached hydrogens (tertiary/aromatic N) is 1. The number of hydrogen-bond acceptors (Lipinski definition) is 3. The molecule has 2 unspecified atom stereocenters. The molecule has 0 radical (unpaired) electrons. The van der Waals surface area contributed by atoms with E-state index in [-0.39, 0.29) is 12.4 Å². The maximum Gasteiger partial charge on any atom is 0.224 e. The van der Waals surface area contributed by atoms with Gasteiger partial charge < -0.3 is 10.2 Å². The average Bonchev–Trinajstić information content (AvgIpc) is 2.40. The van der Waals surface area contributed by atoms with E-state index in [0.717, 1.165) is 31.3 Å². The Morgan fingerprint density at radius 3 is 3.00 bits per heavy atom. The molecule has 5 heteroatoms. The van der Waals surface area contributed by atoms with E-state index >= 15 is 0 Å². The largest absolute Gasteiger partial charge is 0.342 e. The molecule has 19 heavy (non-hydrogen) atoms. The Hall–Kier alpha value is 0.0700. The van der Waals surface area contributed by atoms with Gasteiger partial charge in [-0.05, 0) is 25.2 Å². The van der Waals surface area contributed by atoms with Gasteiger partial charge in [-0.25, -0.2) is 0 Å². The first-order valence-electron chi connectivity index (χ1n) is 7.38. The molecular weight excluding hydrogens is 280 g/mol. The van der Waals surface area contributed by atoms with Crippen LogP contribution in [0.4, 0.5) is 0 Å². The van der Waals surface area contributed by atoms with Crippen LogP contribution in [0, 0.1) is 5.92 Å². The summed E-state index contributed by atoms with van der Waals surface area (Å²) in [5.41, 5.74) is 0. The molecule has 2 fully saturated rings. The fourth-order valence-corrected chi connectivity index (χ4v) is 3.98. The van der Waals surface area contributed by atoms with E-state index in [1.165, 1.54) is 31.4 Å². The second-order valence-electron chi connectivity index (χ2n) is 5.57. The summed E-state index contributed by atoms with van der Waals surface area (Å²) in [5.74, 6) is 3.41. The van der Waals surface area contributed by atoms with Crippen LogP contribution < -0.4 is 5.32 Å². The van der Waals surface area contributed by atoms with Gasteiger partial charge in [-0.3, -0.25) is 4.79 Å². The number of thioether (sulfide) groups is 1. The number of nitrogens with one attached hydrogen (secondary N) is 1. The van der Waals surface area contributed by atoms with Gasteiger partial charge in [0.25, 0.3) is 0 Å². The van der Waals surface area contributed by atoms with Gasteiger partial charge in [-0.15, -0.1) is 12.4 Å². The third kappa shape index (κ3) is 5.52. The van der Waals surface area contributed by atoms with Crippen LogP contribution in [-0.2, 0) is 4.79 Å². The van der Waals surface area contributed by atoms with Crippen molar-refractivity contribution < 1.29 is 4.79 Å². The Bertz CT molecular complexity index is 270. The number of rotatable bonds is 4. The van der Waals surface area contributed by atoms with Crippen molar-refractivity contribution in [3.8, 4) is 0 Å². The number of halogens is 1. The molecule has 1 N–H and O–H groups in total. The van der Waals surface area contributed by atoms with Gasteiger partial charge in [0.05, 0.1) is 0 Å². The SMILES string of the molecule is CCCC1CCCN(C(=O)CC2CSCCN2)C1.Cl. The van der Waals surface area contributed by atoms with E-state index in [4.69, 9.17) is 0 Å². The number of hydrogen-bond donors (Lipinski definition) is 1. The minimum Gasteiger partial charge on any atom is -0.342 e. The third-order valence-corrected chi connectivity index (χ3v) is 5.12. The summed E-state index contributed by atoms with van der Waals surface area (Å²) in [6.07, 6.45) is 5.74. The number of likely N-dealkylation sites (tertiary alicyclic amines) is 1. The summed E-state index contributed by atoms with van der Waals surface area (Å²) >= 11 is 1.97. The minimum absolute atomic E-state index is 0. The highest BCUT2D eigenvalue weighted by Crippen LogP contribution is 2.22. The number of amides is 1. The maximum atomic E-state index is 12.3. The van der Waals surface area contributed by atoms with Gasteiger partial charge in [0, 0.05) is 43.6 Å². The van der Waals surface area contributed by atoms with E-state index in [9.17, 15) is 4.79 Å². The normalized spacial score (nSPS) is 27.7. The van der Waals surface area contributed by atoms with E-state index in [1.807, 2.05) is 11.8 Å². The lowest BCUT2D eigenvalue weighted by Gasteiger charge is -2.34. The van der Waals surface area contributed by atoms with Crippen molar-refractivity contribution in [1.82, 2.24) is 10.2 Å². The lowest BCUT2D eigenvalue weighted by Crippen LogP contribution is -2.45. The van der Waals surface area contributed by atoms with Crippen molar-refractivity contribution in [3.05, 3.63) is 0 Å². The molecule has 2 aliphatic heterocycles. The summed E-state index contributed by atoms with van der Waals surface area (Å²) in [4.78, 5) is 14.4. The smallest absolute Gasteiger partial charge is 0.224 e. The van der Waals surface area contributed by atoms with Gasteiger partial charge in [0.15, 0.2) is 0 Å². The van der Waals surface area contributed by atoms with E-state index in [1.54, 1.807) is 0 Å². The highest BCUT2D eigenvalue weighted by Gasteiger charge is 2.25. The molecule has 2 rings (SSSR count). The highest BCUT2D eigenvalue weighted by molar-refractivity contribution is 7.99. The van der Waals surface area contributed by atoms with Crippen molar-refractivity contribution in [3.63, 3.8) is 0 Å². The Morgan fingerprint density at radius 1 is 1.47 bits per heavy atom. The van der Waals surface area contributed by atoms with E-state index in [0.29, 0.717) is 18.4 Å². The second-order valence-corrected chi connectivity index (χ2v) is 6.72. The molecule has 0 saturated carbocycles. The number of carbonyl (C=O) groups is 1. The molecule has 0 bridgehead atoms. The van der Waals surface area contributed by atoms with Crippen LogP contribution >= 0.6 is 24.2 Å². The van der Waals surface area contributed by atoms with Crippen LogP contribution in [0.25, 0.3) is 0 Å². The molecule has 0 aromatic rings. The lowest BCUT2D eigenvalue weighted by atomic mass is 9.93. The zero-order valence-corrected chi connectivity index (χ0v) is 13.5. The summed E-state index contributed by atoms with van der Waals surface area (Å²) in [6, 6.07) is 0.405. The molecule has 2 aliphatic rings. The van der Waals surface area contributed by atoms with Gasteiger partial charge in [-0.1, -0.05) is 13.3 Å². The van der Waals surface area contributed by atoms with Gasteiger partial charge in [-0.2, -0.15) is 11.8 Å². The van der Waals surface area contributed by atoms with E-state index < -0.39 is 0 Å². The first kappa shape index (κ1) is 17.1. The standard InChI is InChI=1S/C14H26N2OS.ClH/c1-2-4-12-5-3-7-16(10-12)14(17)9-13-11-18-8-6-15-13;/h12-13,15H,2-11H2,1H3;1H. The zero-order chi connectivity index (χ0) is 12.8. The van der Waals surface area contributed by atoms with Crippen molar-refractivity contribution in [1.29, 1.82) is 0 Å². The maximum absolute atomic E-state index is 12.3. The average molecular weight is 307 g/mol. The summed E-state index contributed by atoms with van der Waals surface area (Å²) in [7, 11) is 0. The van der Waals surface area contributed by atoms with Gasteiger partial charge in [0.1, 0.15) is 0 Å². The summed E-state index contributed by atoms with van der Waals surface area (Å²) in [6.45, 7) is 5.29. The van der Waals surface area contributed by atoms with Crippen LogP contribution in [-0.4, -0.2) is 48.0 Å². The monoisotopic (exact) mass is 306 g/mol. The van der Waals surface area contributed by atoms with Crippen molar-refractivity contribution in [2.75, 3.05) is 31.1 Å². The first-order chi connectivity index (χ1) is 8.79. The van der Waals surface area contributed by atoms with E-state index in [2.05, 4.69) is 17.1 Å². The van der Waals surface area contributed by atoms with Crippen LogP contribution in [0.5, 0.6) is 0 Å². The van der Waals surface area contributed by atoms with Crippen molar-refractivity contribution in [2.24, 2.45) is 5.92 Å². The molecule has 0 aliphatic carbocycles. The minimum atomic E-state index is 0. The summed E-state index contributed by atoms with van der Waals surface area (Å²) in [5, 5.41) is 3.46. The van der Waals surface area contributed by atoms with Crippen LogP contribution in [0.2, 0.25) is 0 Å². The first-order valence-corrected chi connectivity index (χ1v) is 8.54. The quantitative estimate of drug-likeness (QED) is 0.866. The molecule has 1 amide bonds. The number of carbonyl (C=O) groups excluding carboxylic acids is 1. The number of piperidine rings is 1. The molecular formula is C14H27ClN2OS. The van der Waals surface area contributed by atoms with Crippen LogP contribution in [0.1, 0.15) is 39.0 Å². The molecule has 112 valence electrons. The lowest BCUT2D eigenvalue weighted by molar-refractivity contribution is -0.133. The Kier molecular flexibility index (Phi) is 8.19. The topological polar surface area (TPSA) is 32.3 Å². The zero-order valence-electron chi connectivity index (χ0n) is 11.9. The second kappa shape index (κ2) is 9.09.